The maximum absolute atomic E-state index is 12.0. The highest BCUT2D eigenvalue weighted by molar-refractivity contribution is 5.91. The summed E-state index contributed by atoms with van der Waals surface area (Å²) in [6.45, 7) is 0. The van der Waals surface area contributed by atoms with Crippen molar-refractivity contribution in [1.29, 1.82) is 0 Å². The second-order valence-corrected chi connectivity index (χ2v) is 6.16. The Kier molecular flexibility index (Phi) is 4.71. The number of hydrogen-bond donors (Lipinski definition) is 2. The summed E-state index contributed by atoms with van der Waals surface area (Å²) in [5.41, 5.74) is -0.00770. The van der Waals surface area contributed by atoms with E-state index in [2.05, 4.69) is 15.5 Å². The summed E-state index contributed by atoms with van der Waals surface area (Å²) in [7, 11) is 0. The maximum atomic E-state index is 12.0. The number of carbonyl (C=O) groups is 1. The third-order valence-corrected chi connectivity index (χ3v) is 4.15. The Morgan fingerprint density at radius 2 is 1.96 bits per heavy atom. The van der Waals surface area contributed by atoms with Gasteiger partial charge in [-0.25, -0.2) is 0 Å². The molecule has 0 atom stereocenters. The number of carbonyl (C=O) groups excluding carboxylic acids is 1. The van der Waals surface area contributed by atoms with Crippen molar-refractivity contribution in [2.45, 2.75) is 50.5 Å². The smallest absolute Gasteiger partial charge is 0.232 e. The van der Waals surface area contributed by atoms with Gasteiger partial charge in [-0.05, 0) is 25.0 Å². The van der Waals surface area contributed by atoms with Crippen molar-refractivity contribution in [2.75, 3.05) is 5.32 Å². The largest absolute Gasteiger partial charge is 0.389 e. The van der Waals surface area contributed by atoms with Crippen LogP contribution in [0.2, 0.25) is 0 Å². The van der Waals surface area contributed by atoms with Crippen LogP contribution >= 0.6 is 0 Å². The number of hydrogen-bond acceptors (Lipinski definition) is 5. The average Bonchev–Trinajstić information content (AvgIpc) is 2.95. The standard InChI is InChI=1S/C17H21N3O3/c21-15(18-13-7-3-1-4-8-13)11-14-19-16(23-20-14)12-17(22)9-5-2-6-10-17/h1,3-4,7-8,22H,2,5-6,9-12H2,(H,18,21). The van der Waals surface area contributed by atoms with Crippen LogP contribution in [0.4, 0.5) is 5.69 Å². The molecule has 1 aromatic heterocycles. The van der Waals surface area contributed by atoms with Crippen LogP contribution in [0.25, 0.3) is 0 Å². The predicted octanol–water partition coefficient (Wildman–Crippen LogP) is 2.49. The van der Waals surface area contributed by atoms with E-state index < -0.39 is 5.60 Å². The fraction of sp³-hybridized carbons (Fsp3) is 0.471. The average molecular weight is 315 g/mol. The minimum Gasteiger partial charge on any atom is -0.389 e. The molecule has 2 aromatic rings. The summed E-state index contributed by atoms with van der Waals surface area (Å²) in [6, 6.07) is 9.23. The van der Waals surface area contributed by atoms with Gasteiger partial charge in [-0.3, -0.25) is 4.79 Å². The first-order chi connectivity index (χ1) is 11.1. The van der Waals surface area contributed by atoms with Crippen LogP contribution in [0.15, 0.2) is 34.9 Å². The van der Waals surface area contributed by atoms with Crippen LogP contribution in [0, 0.1) is 0 Å². The highest BCUT2D eigenvalue weighted by Gasteiger charge is 2.31. The summed E-state index contributed by atoms with van der Waals surface area (Å²) in [6.07, 6.45) is 5.15. The van der Waals surface area contributed by atoms with E-state index in [1.165, 1.54) is 0 Å². The van der Waals surface area contributed by atoms with Crippen molar-refractivity contribution in [2.24, 2.45) is 0 Å². The van der Waals surface area contributed by atoms with E-state index >= 15 is 0 Å². The molecule has 0 aliphatic heterocycles. The normalized spacial score (nSPS) is 16.9. The molecule has 0 unspecified atom stereocenters. The van der Waals surface area contributed by atoms with Gasteiger partial charge >= 0.3 is 0 Å². The van der Waals surface area contributed by atoms with Gasteiger partial charge in [-0.15, -0.1) is 0 Å². The van der Waals surface area contributed by atoms with Crippen molar-refractivity contribution in [3.8, 4) is 0 Å². The Morgan fingerprint density at radius 1 is 1.22 bits per heavy atom. The van der Waals surface area contributed by atoms with Gasteiger partial charge in [0.05, 0.1) is 18.4 Å². The quantitative estimate of drug-likeness (QED) is 0.885. The van der Waals surface area contributed by atoms with Crippen molar-refractivity contribution in [3.63, 3.8) is 0 Å². The highest BCUT2D eigenvalue weighted by Crippen LogP contribution is 2.30. The fourth-order valence-corrected chi connectivity index (χ4v) is 2.97. The van der Waals surface area contributed by atoms with Crippen molar-refractivity contribution in [1.82, 2.24) is 10.1 Å². The van der Waals surface area contributed by atoms with E-state index in [0.717, 1.165) is 37.8 Å². The van der Waals surface area contributed by atoms with E-state index in [1.807, 2.05) is 30.3 Å². The molecule has 1 aromatic carbocycles. The van der Waals surface area contributed by atoms with E-state index in [4.69, 9.17) is 4.52 Å². The molecule has 1 heterocycles. The van der Waals surface area contributed by atoms with Crippen LogP contribution in [0.1, 0.15) is 43.8 Å². The van der Waals surface area contributed by atoms with E-state index in [9.17, 15) is 9.90 Å². The molecule has 1 aliphatic rings. The van der Waals surface area contributed by atoms with E-state index in [-0.39, 0.29) is 12.3 Å². The molecule has 0 radical (unpaired) electrons. The second-order valence-electron chi connectivity index (χ2n) is 6.16. The van der Waals surface area contributed by atoms with Crippen LogP contribution in [0.3, 0.4) is 0 Å². The summed E-state index contributed by atoms with van der Waals surface area (Å²) in [5, 5.41) is 17.1. The molecule has 0 spiro atoms. The van der Waals surface area contributed by atoms with Gasteiger partial charge in [0, 0.05) is 5.69 Å². The zero-order valence-corrected chi connectivity index (χ0v) is 13.0. The molecule has 1 saturated carbocycles. The summed E-state index contributed by atoms with van der Waals surface area (Å²) in [4.78, 5) is 16.2. The van der Waals surface area contributed by atoms with Gasteiger partial charge in [0.1, 0.15) is 0 Å². The van der Waals surface area contributed by atoms with Crippen LogP contribution in [-0.4, -0.2) is 26.8 Å². The van der Waals surface area contributed by atoms with Crippen LogP contribution in [0.5, 0.6) is 0 Å². The second kappa shape index (κ2) is 6.91. The number of aliphatic hydroxyl groups is 1. The molecule has 0 saturated heterocycles. The van der Waals surface area contributed by atoms with Gasteiger partial charge in [0.2, 0.25) is 11.8 Å². The molecule has 23 heavy (non-hydrogen) atoms. The third-order valence-electron chi connectivity index (χ3n) is 4.15. The van der Waals surface area contributed by atoms with E-state index in [1.54, 1.807) is 0 Å². The van der Waals surface area contributed by atoms with Crippen LogP contribution in [-0.2, 0) is 17.6 Å². The number of rotatable bonds is 5. The summed E-state index contributed by atoms with van der Waals surface area (Å²) in [5.74, 6) is 0.546. The summed E-state index contributed by atoms with van der Waals surface area (Å²) >= 11 is 0. The first-order valence-corrected chi connectivity index (χ1v) is 8.02. The Hall–Kier alpha value is -2.21. The molecular weight excluding hydrogens is 294 g/mol. The number of para-hydroxylation sites is 1. The molecule has 6 nitrogen and oxygen atoms in total. The molecule has 2 N–H and O–H groups in total. The zero-order chi connectivity index (χ0) is 16.1. The molecule has 1 amide bonds. The Balaban J connectivity index is 1.55. The minimum atomic E-state index is -0.742. The lowest BCUT2D eigenvalue weighted by atomic mass is 9.82. The Labute approximate surface area is 134 Å². The lowest BCUT2D eigenvalue weighted by Crippen LogP contribution is -2.33. The van der Waals surface area contributed by atoms with Crippen molar-refractivity contribution >= 4 is 11.6 Å². The topological polar surface area (TPSA) is 88.2 Å². The highest BCUT2D eigenvalue weighted by atomic mass is 16.5. The van der Waals surface area contributed by atoms with Crippen molar-refractivity contribution in [3.05, 3.63) is 42.0 Å². The molecule has 0 bridgehead atoms. The maximum Gasteiger partial charge on any atom is 0.232 e. The SMILES string of the molecule is O=C(Cc1noc(CC2(O)CCCCC2)n1)Nc1ccccc1. The van der Waals surface area contributed by atoms with Gasteiger partial charge in [0.25, 0.3) is 0 Å². The number of aromatic nitrogens is 2. The third kappa shape index (κ3) is 4.39. The first-order valence-electron chi connectivity index (χ1n) is 8.02. The summed E-state index contributed by atoms with van der Waals surface area (Å²) < 4.78 is 5.18. The molecule has 122 valence electrons. The lowest BCUT2D eigenvalue weighted by Gasteiger charge is -2.30. The predicted molar refractivity (Wildman–Crippen MR) is 84.8 cm³/mol. The number of benzene rings is 1. The molecule has 1 aliphatic carbocycles. The van der Waals surface area contributed by atoms with Gasteiger partial charge in [-0.2, -0.15) is 4.98 Å². The lowest BCUT2D eigenvalue weighted by molar-refractivity contribution is -0.115. The zero-order valence-electron chi connectivity index (χ0n) is 13.0. The minimum absolute atomic E-state index is 0.0524. The fourth-order valence-electron chi connectivity index (χ4n) is 2.97. The van der Waals surface area contributed by atoms with Gasteiger partial charge in [-0.1, -0.05) is 42.6 Å². The Morgan fingerprint density at radius 3 is 2.70 bits per heavy atom. The van der Waals surface area contributed by atoms with Gasteiger partial charge < -0.3 is 14.9 Å². The van der Waals surface area contributed by atoms with E-state index in [0.29, 0.717) is 18.1 Å². The number of nitrogens with zero attached hydrogens (tertiary/aromatic N) is 2. The molecule has 1 fully saturated rings. The molecular formula is C17H21N3O3. The van der Waals surface area contributed by atoms with Crippen LogP contribution < -0.4 is 5.32 Å². The van der Waals surface area contributed by atoms with Crippen molar-refractivity contribution < 1.29 is 14.4 Å². The first kappa shape index (κ1) is 15.7. The number of anilines is 1. The number of amides is 1. The number of nitrogens with one attached hydrogen (secondary N) is 1. The molecule has 6 heteroatoms. The van der Waals surface area contributed by atoms with Gasteiger partial charge in [0.15, 0.2) is 5.82 Å². The molecule has 3 rings (SSSR count). The monoisotopic (exact) mass is 315 g/mol. The Bertz CT molecular complexity index is 648.